The van der Waals surface area contributed by atoms with Gasteiger partial charge < -0.3 is 15.0 Å². The molecule has 8 nitrogen and oxygen atoms in total. The molecule has 0 radical (unpaired) electrons. The van der Waals surface area contributed by atoms with Crippen molar-refractivity contribution in [2.75, 3.05) is 18.0 Å². The van der Waals surface area contributed by atoms with Crippen molar-refractivity contribution in [2.24, 2.45) is 0 Å². The van der Waals surface area contributed by atoms with Gasteiger partial charge in [-0.15, -0.1) is 0 Å². The van der Waals surface area contributed by atoms with Crippen LogP contribution in [-0.2, 0) is 26.2 Å². The molecule has 0 aliphatic heterocycles. The van der Waals surface area contributed by atoms with E-state index in [0.29, 0.717) is 11.4 Å². The number of nitrogens with zero attached hydrogens (tertiary/aromatic N) is 2. The second-order valence-corrected chi connectivity index (χ2v) is 11.8. The van der Waals surface area contributed by atoms with Gasteiger partial charge in [0.25, 0.3) is 10.0 Å². The lowest BCUT2D eigenvalue weighted by Crippen LogP contribution is -2.52. The number of hydrogen-bond acceptors (Lipinski definition) is 5. The van der Waals surface area contributed by atoms with E-state index in [-0.39, 0.29) is 23.4 Å². The lowest BCUT2D eigenvalue weighted by Gasteiger charge is -2.32. The van der Waals surface area contributed by atoms with Gasteiger partial charge in [0.15, 0.2) is 0 Å². The van der Waals surface area contributed by atoms with Crippen molar-refractivity contribution in [3.63, 3.8) is 0 Å². The van der Waals surface area contributed by atoms with Gasteiger partial charge in [-0.25, -0.2) is 8.42 Å². The molecule has 0 saturated heterocycles. The van der Waals surface area contributed by atoms with Gasteiger partial charge in [0.1, 0.15) is 18.3 Å². The van der Waals surface area contributed by atoms with Crippen LogP contribution in [0.5, 0.6) is 5.75 Å². The monoisotopic (exact) mass is 601 g/mol. The quantitative estimate of drug-likeness (QED) is 0.347. The molecule has 0 aromatic heterocycles. The van der Waals surface area contributed by atoms with Gasteiger partial charge in [0, 0.05) is 17.1 Å². The molecule has 0 bridgehead atoms. The van der Waals surface area contributed by atoms with Crippen LogP contribution >= 0.6 is 15.9 Å². The first-order chi connectivity index (χ1) is 18.0. The maximum Gasteiger partial charge on any atom is 0.264 e. The second-order valence-electron chi connectivity index (χ2n) is 9.01. The van der Waals surface area contributed by atoms with Gasteiger partial charge in [-0.3, -0.25) is 13.9 Å². The molecule has 2 amide bonds. The molecule has 0 heterocycles. The molecule has 0 unspecified atom stereocenters. The zero-order valence-electron chi connectivity index (χ0n) is 21.8. The Hall–Kier alpha value is -3.37. The lowest BCUT2D eigenvalue weighted by molar-refractivity contribution is -0.139. The molecular weight excluding hydrogens is 570 g/mol. The van der Waals surface area contributed by atoms with Crippen LogP contribution < -0.4 is 14.4 Å². The van der Waals surface area contributed by atoms with Crippen LogP contribution in [0.1, 0.15) is 26.3 Å². The third-order valence-electron chi connectivity index (χ3n) is 5.81. The minimum atomic E-state index is -4.11. The minimum Gasteiger partial charge on any atom is -0.497 e. The van der Waals surface area contributed by atoms with Crippen LogP contribution in [0.4, 0.5) is 5.69 Å². The summed E-state index contributed by atoms with van der Waals surface area (Å²) in [6.07, 6.45) is 0. The van der Waals surface area contributed by atoms with Crippen molar-refractivity contribution in [3.8, 4) is 5.75 Å². The molecular formula is C28H32BrN3O5S. The molecule has 3 rings (SSSR count). The van der Waals surface area contributed by atoms with Gasteiger partial charge in [-0.2, -0.15) is 0 Å². The predicted octanol–water partition coefficient (Wildman–Crippen LogP) is 4.59. The third-order valence-corrected chi connectivity index (χ3v) is 8.09. The molecule has 3 aromatic rings. The van der Waals surface area contributed by atoms with E-state index in [4.69, 9.17) is 4.74 Å². The zero-order valence-corrected chi connectivity index (χ0v) is 24.2. The Balaban J connectivity index is 2.02. The number of ether oxygens (including phenoxy) is 1. The maximum atomic E-state index is 13.9. The number of anilines is 1. The van der Waals surface area contributed by atoms with E-state index in [2.05, 4.69) is 21.2 Å². The first kappa shape index (κ1) is 29.2. The predicted molar refractivity (Wildman–Crippen MR) is 151 cm³/mol. The number of rotatable bonds is 11. The molecule has 1 N–H and O–H groups in total. The summed E-state index contributed by atoms with van der Waals surface area (Å²) >= 11 is 3.44. The van der Waals surface area contributed by atoms with E-state index in [1.54, 1.807) is 49.4 Å². The summed E-state index contributed by atoms with van der Waals surface area (Å²) in [4.78, 5) is 28.2. The highest BCUT2D eigenvalue weighted by Gasteiger charge is 2.32. The first-order valence-corrected chi connectivity index (χ1v) is 14.3. The van der Waals surface area contributed by atoms with E-state index in [9.17, 15) is 18.0 Å². The highest BCUT2D eigenvalue weighted by atomic mass is 79.9. The number of methoxy groups -OCH3 is 1. The van der Waals surface area contributed by atoms with Crippen LogP contribution in [0.3, 0.4) is 0 Å². The van der Waals surface area contributed by atoms with Crippen LogP contribution in [0.25, 0.3) is 0 Å². The molecule has 1 atom stereocenters. The number of sulfonamides is 1. The molecule has 0 saturated carbocycles. The average Bonchev–Trinajstić information content (AvgIpc) is 2.90. The molecule has 0 fully saturated rings. The lowest BCUT2D eigenvalue weighted by atomic mass is 10.1. The summed E-state index contributed by atoms with van der Waals surface area (Å²) in [7, 11) is -2.60. The topological polar surface area (TPSA) is 96.0 Å². The SMILES string of the molecule is COc1ccc(N(CC(=O)N(Cc2cccc(Br)c2)[C@H](C)C(=O)NC(C)C)S(=O)(=O)c2ccccc2)cc1. The molecule has 0 spiro atoms. The van der Waals surface area contributed by atoms with E-state index in [1.807, 2.05) is 38.1 Å². The Bertz CT molecular complexity index is 1350. The summed E-state index contributed by atoms with van der Waals surface area (Å²) in [5.74, 6) is -0.302. The fourth-order valence-electron chi connectivity index (χ4n) is 3.82. The van der Waals surface area contributed by atoms with Crippen LogP contribution in [-0.4, -0.2) is 50.9 Å². The average molecular weight is 603 g/mol. The highest BCUT2D eigenvalue weighted by molar-refractivity contribution is 9.10. The minimum absolute atomic E-state index is 0.0488. The van der Waals surface area contributed by atoms with Crippen molar-refractivity contribution in [2.45, 2.75) is 44.3 Å². The van der Waals surface area contributed by atoms with Crippen molar-refractivity contribution in [3.05, 3.63) is 88.9 Å². The Labute approximate surface area is 232 Å². The van der Waals surface area contributed by atoms with Gasteiger partial charge in [-0.1, -0.05) is 46.3 Å². The summed E-state index contributed by atoms with van der Waals surface area (Å²) < 4.78 is 34.6. The summed E-state index contributed by atoms with van der Waals surface area (Å²) in [6, 6.07) is 20.8. The smallest absolute Gasteiger partial charge is 0.264 e. The third kappa shape index (κ3) is 7.35. The Morgan fingerprint density at radius 2 is 1.61 bits per heavy atom. The van der Waals surface area contributed by atoms with Crippen LogP contribution in [0.2, 0.25) is 0 Å². The summed E-state index contributed by atoms with van der Waals surface area (Å²) in [6.45, 7) is 4.92. The number of benzene rings is 3. The second kappa shape index (κ2) is 12.9. The Morgan fingerprint density at radius 1 is 0.947 bits per heavy atom. The number of carbonyl (C=O) groups is 2. The normalized spacial score (nSPS) is 12.1. The van der Waals surface area contributed by atoms with Crippen LogP contribution in [0.15, 0.2) is 88.2 Å². The summed E-state index contributed by atoms with van der Waals surface area (Å²) in [5, 5.41) is 2.84. The summed E-state index contributed by atoms with van der Waals surface area (Å²) in [5.41, 5.74) is 1.09. The van der Waals surface area contributed by atoms with E-state index < -0.39 is 28.5 Å². The van der Waals surface area contributed by atoms with Gasteiger partial charge in [-0.05, 0) is 74.9 Å². The molecule has 202 valence electrons. The maximum absolute atomic E-state index is 13.9. The Morgan fingerprint density at radius 3 is 2.18 bits per heavy atom. The number of carbonyl (C=O) groups excluding carboxylic acids is 2. The fraction of sp³-hybridized carbons (Fsp3) is 0.286. The van der Waals surface area contributed by atoms with Gasteiger partial charge in [0.05, 0.1) is 17.7 Å². The van der Waals surface area contributed by atoms with Crippen molar-refractivity contribution < 1.29 is 22.7 Å². The zero-order chi connectivity index (χ0) is 27.9. The Kier molecular flexibility index (Phi) is 9.93. The fourth-order valence-corrected chi connectivity index (χ4v) is 5.70. The standard InChI is InChI=1S/C28H32BrN3O5S/c1-20(2)30-28(34)21(3)31(18-22-9-8-10-23(29)17-22)27(33)19-32(24-13-15-25(37-4)16-14-24)38(35,36)26-11-6-5-7-12-26/h5-17,20-21H,18-19H2,1-4H3,(H,30,34)/t21-/m1/s1. The van der Waals surface area contributed by atoms with Gasteiger partial charge >= 0.3 is 0 Å². The van der Waals surface area contributed by atoms with Crippen molar-refractivity contribution in [1.82, 2.24) is 10.2 Å². The molecule has 0 aliphatic rings. The molecule has 10 heteroatoms. The van der Waals surface area contributed by atoms with E-state index >= 15 is 0 Å². The molecule has 38 heavy (non-hydrogen) atoms. The van der Waals surface area contributed by atoms with E-state index in [1.165, 1.54) is 24.1 Å². The number of hydrogen-bond donors (Lipinski definition) is 1. The van der Waals surface area contributed by atoms with E-state index in [0.717, 1.165) is 14.3 Å². The largest absolute Gasteiger partial charge is 0.497 e. The van der Waals surface area contributed by atoms with Crippen molar-refractivity contribution >= 4 is 43.5 Å². The van der Waals surface area contributed by atoms with Crippen LogP contribution in [0, 0.1) is 0 Å². The first-order valence-electron chi connectivity index (χ1n) is 12.1. The number of halogens is 1. The number of nitrogens with one attached hydrogen (secondary N) is 1. The van der Waals surface area contributed by atoms with Crippen molar-refractivity contribution in [1.29, 1.82) is 0 Å². The highest BCUT2D eigenvalue weighted by Crippen LogP contribution is 2.26. The number of amides is 2. The molecule has 0 aliphatic carbocycles. The van der Waals surface area contributed by atoms with Gasteiger partial charge in [0.2, 0.25) is 11.8 Å². The molecule has 3 aromatic carbocycles.